The van der Waals surface area contributed by atoms with Crippen molar-refractivity contribution in [2.24, 2.45) is 0 Å². The summed E-state index contributed by atoms with van der Waals surface area (Å²) in [7, 11) is 2.07. The monoisotopic (exact) mass is 257 g/mol. The Morgan fingerprint density at radius 2 is 2.39 bits per heavy atom. The van der Waals surface area contributed by atoms with Crippen LogP contribution in [0.15, 0.2) is 0 Å². The Bertz CT molecular complexity index is 257. The summed E-state index contributed by atoms with van der Waals surface area (Å²) in [6, 6.07) is 0. The van der Waals surface area contributed by atoms with E-state index < -0.39 is 5.60 Å². The highest BCUT2D eigenvalue weighted by atomic mass is 16.5. The smallest absolute Gasteiger partial charge is 0.0909 e. The van der Waals surface area contributed by atoms with Crippen LogP contribution in [0.5, 0.6) is 0 Å². The SMILES string of the molecule is CCN1CCOC(CN(C)CC2(O)CCNC2)C1. The predicted octanol–water partition coefficient (Wildman–Crippen LogP) is -0.637. The molecule has 0 aromatic rings. The fourth-order valence-electron chi connectivity index (χ4n) is 2.96. The average molecular weight is 257 g/mol. The number of nitrogens with one attached hydrogen (secondary N) is 1. The fraction of sp³-hybridized carbons (Fsp3) is 1.00. The van der Waals surface area contributed by atoms with Crippen LogP contribution in [-0.4, -0.2) is 86.1 Å². The van der Waals surface area contributed by atoms with Crippen molar-refractivity contribution >= 4 is 0 Å². The van der Waals surface area contributed by atoms with Crippen LogP contribution < -0.4 is 5.32 Å². The van der Waals surface area contributed by atoms with E-state index in [0.717, 1.165) is 52.3 Å². The third-order valence-electron chi connectivity index (χ3n) is 3.97. The molecule has 0 bridgehead atoms. The third kappa shape index (κ3) is 3.90. The molecule has 0 spiro atoms. The molecule has 0 radical (unpaired) electrons. The van der Waals surface area contributed by atoms with E-state index in [9.17, 15) is 5.11 Å². The summed E-state index contributed by atoms with van der Waals surface area (Å²) in [4.78, 5) is 4.63. The topological polar surface area (TPSA) is 48.0 Å². The van der Waals surface area contributed by atoms with Gasteiger partial charge in [-0.1, -0.05) is 6.92 Å². The molecule has 106 valence electrons. The lowest BCUT2D eigenvalue weighted by molar-refractivity contribution is -0.0497. The molecule has 0 aromatic heterocycles. The van der Waals surface area contributed by atoms with E-state index in [0.29, 0.717) is 6.54 Å². The Kier molecular flexibility index (Phi) is 4.98. The number of ether oxygens (including phenoxy) is 1. The van der Waals surface area contributed by atoms with Crippen molar-refractivity contribution in [3.8, 4) is 0 Å². The minimum Gasteiger partial charge on any atom is -0.387 e. The van der Waals surface area contributed by atoms with Crippen molar-refractivity contribution < 1.29 is 9.84 Å². The molecule has 2 atom stereocenters. The van der Waals surface area contributed by atoms with Gasteiger partial charge in [0.1, 0.15) is 0 Å². The van der Waals surface area contributed by atoms with Gasteiger partial charge in [-0.15, -0.1) is 0 Å². The maximum Gasteiger partial charge on any atom is 0.0909 e. The van der Waals surface area contributed by atoms with Gasteiger partial charge in [0.05, 0.1) is 18.3 Å². The van der Waals surface area contributed by atoms with Gasteiger partial charge in [-0.05, 0) is 26.6 Å². The summed E-state index contributed by atoms with van der Waals surface area (Å²) in [5.41, 5.74) is -0.548. The third-order valence-corrected chi connectivity index (χ3v) is 3.97. The largest absolute Gasteiger partial charge is 0.387 e. The van der Waals surface area contributed by atoms with E-state index >= 15 is 0 Å². The summed E-state index contributed by atoms with van der Waals surface area (Å²) in [5.74, 6) is 0. The molecule has 2 rings (SSSR count). The van der Waals surface area contributed by atoms with Gasteiger partial charge in [0.2, 0.25) is 0 Å². The fourth-order valence-corrected chi connectivity index (χ4v) is 2.96. The molecule has 2 aliphatic heterocycles. The molecule has 2 heterocycles. The van der Waals surface area contributed by atoms with Crippen LogP contribution in [0.3, 0.4) is 0 Å². The molecule has 2 unspecified atom stereocenters. The quantitative estimate of drug-likeness (QED) is 0.686. The second-order valence-electron chi connectivity index (χ2n) is 5.73. The first-order valence-electron chi connectivity index (χ1n) is 7.07. The standard InChI is InChI=1S/C13H27N3O2/c1-3-16-6-7-18-12(9-16)8-15(2)11-13(17)4-5-14-10-13/h12,14,17H,3-11H2,1-2H3. The van der Waals surface area contributed by atoms with Crippen molar-refractivity contribution in [3.05, 3.63) is 0 Å². The van der Waals surface area contributed by atoms with Gasteiger partial charge in [0.15, 0.2) is 0 Å². The van der Waals surface area contributed by atoms with Crippen molar-refractivity contribution in [1.82, 2.24) is 15.1 Å². The molecule has 2 saturated heterocycles. The minimum atomic E-state index is -0.548. The van der Waals surface area contributed by atoms with Crippen molar-refractivity contribution in [1.29, 1.82) is 0 Å². The number of rotatable bonds is 5. The van der Waals surface area contributed by atoms with E-state index in [1.807, 2.05) is 0 Å². The van der Waals surface area contributed by atoms with Crippen LogP contribution in [0.4, 0.5) is 0 Å². The van der Waals surface area contributed by atoms with E-state index in [4.69, 9.17) is 4.74 Å². The molecule has 5 heteroatoms. The zero-order chi connectivity index (χ0) is 13.0. The number of nitrogens with zero attached hydrogens (tertiary/aromatic N) is 2. The molecular formula is C13H27N3O2. The highest BCUT2D eigenvalue weighted by Crippen LogP contribution is 2.16. The van der Waals surface area contributed by atoms with Crippen LogP contribution in [0.25, 0.3) is 0 Å². The first-order chi connectivity index (χ1) is 8.61. The maximum absolute atomic E-state index is 10.3. The van der Waals surface area contributed by atoms with Crippen LogP contribution >= 0.6 is 0 Å². The highest BCUT2D eigenvalue weighted by Gasteiger charge is 2.33. The number of hydrogen-bond acceptors (Lipinski definition) is 5. The lowest BCUT2D eigenvalue weighted by Gasteiger charge is -2.35. The van der Waals surface area contributed by atoms with Crippen LogP contribution in [0.1, 0.15) is 13.3 Å². The molecule has 0 aliphatic carbocycles. The summed E-state index contributed by atoms with van der Waals surface area (Å²) in [6.07, 6.45) is 1.13. The van der Waals surface area contributed by atoms with Crippen LogP contribution in [0, 0.1) is 0 Å². The first-order valence-corrected chi connectivity index (χ1v) is 7.07. The molecule has 2 N–H and O–H groups in total. The summed E-state index contributed by atoms with van der Waals surface area (Å²) in [6.45, 7) is 9.44. The number of aliphatic hydroxyl groups is 1. The molecule has 0 amide bonds. The van der Waals surface area contributed by atoms with Crippen molar-refractivity contribution in [3.63, 3.8) is 0 Å². The number of β-amino-alcohol motifs (C(OH)–C–C–N with tert-alkyl or cyclic N) is 1. The molecular weight excluding hydrogens is 230 g/mol. The number of likely N-dealkylation sites (N-methyl/N-ethyl adjacent to an activating group) is 2. The second-order valence-corrected chi connectivity index (χ2v) is 5.73. The molecule has 18 heavy (non-hydrogen) atoms. The molecule has 0 saturated carbocycles. The van der Waals surface area contributed by atoms with Gasteiger partial charge in [-0.25, -0.2) is 0 Å². The Labute approximate surface area is 110 Å². The summed E-state index contributed by atoms with van der Waals surface area (Å²) >= 11 is 0. The number of morpholine rings is 1. The van der Waals surface area contributed by atoms with Crippen LogP contribution in [0.2, 0.25) is 0 Å². The maximum atomic E-state index is 10.3. The number of hydrogen-bond donors (Lipinski definition) is 2. The highest BCUT2D eigenvalue weighted by molar-refractivity contribution is 4.90. The van der Waals surface area contributed by atoms with Gasteiger partial charge < -0.3 is 20.1 Å². The lowest BCUT2D eigenvalue weighted by Crippen LogP contribution is -2.50. The second kappa shape index (κ2) is 6.30. The van der Waals surface area contributed by atoms with Gasteiger partial charge in [-0.2, -0.15) is 0 Å². The van der Waals surface area contributed by atoms with Crippen LogP contribution in [-0.2, 0) is 4.74 Å². The zero-order valence-electron chi connectivity index (χ0n) is 11.7. The molecule has 5 nitrogen and oxygen atoms in total. The van der Waals surface area contributed by atoms with Gasteiger partial charge >= 0.3 is 0 Å². The van der Waals surface area contributed by atoms with E-state index in [2.05, 4.69) is 29.1 Å². The minimum absolute atomic E-state index is 0.279. The van der Waals surface area contributed by atoms with E-state index in [1.54, 1.807) is 0 Å². The normalized spacial score (nSPS) is 34.3. The Balaban J connectivity index is 1.74. The Hall–Kier alpha value is -0.200. The van der Waals surface area contributed by atoms with Crippen molar-refractivity contribution in [2.45, 2.75) is 25.0 Å². The molecule has 2 aliphatic rings. The average Bonchev–Trinajstić information content (AvgIpc) is 2.75. The zero-order valence-corrected chi connectivity index (χ0v) is 11.7. The van der Waals surface area contributed by atoms with E-state index in [-0.39, 0.29) is 6.10 Å². The van der Waals surface area contributed by atoms with Gasteiger partial charge in [-0.3, -0.25) is 4.90 Å². The first kappa shape index (κ1) is 14.2. The molecule has 2 fully saturated rings. The molecule has 0 aromatic carbocycles. The summed E-state index contributed by atoms with van der Waals surface area (Å²) in [5, 5.41) is 13.6. The Morgan fingerprint density at radius 1 is 1.56 bits per heavy atom. The van der Waals surface area contributed by atoms with Crippen molar-refractivity contribution in [2.75, 3.05) is 59.5 Å². The lowest BCUT2D eigenvalue weighted by atomic mass is 10.0. The summed E-state index contributed by atoms with van der Waals surface area (Å²) < 4.78 is 5.80. The van der Waals surface area contributed by atoms with Gasteiger partial charge in [0.25, 0.3) is 0 Å². The van der Waals surface area contributed by atoms with E-state index in [1.165, 1.54) is 0 Å². The Morgan fingerprint density at radius 3 is 3.06 bits per heavy atom. The van der Waals surface area contributed by atoms with Gasteiger partial charge in [0, 0.05) is 32.7 Å². The predicted molar refractivity (Wildman–Crippen MR) is 71.8 cm³/mol.